The fourth-order valence-electron chi connectivity index (χ4n) is 3.00. The highest BCUT2D eigenvalue weighted by Crippen LogP contribution is 2.38. The maximum absolute atomic E-state index is 11.0. The molecule has 0 atom stereocenters. The van der Waals surface area contributed by atoms with Crippen LogP contribution in [-0.2, 0) is 11.3 Å². The minimum Gasteiger partial charge on any atom is -0.481 e. The number of benzene rings is 1. The molecule has 0 amide bonds. The molecule has 1 saturated heterocycles. The van der Waals surface area contributed by atoms with Gasteiger partial charge < -0.3 is 5.11 Å². The Hall–Kier alpha value is -1.35. The molecule has 0 saturated carbocycles. The van der Waals surface area contributed by atoms with E-state index in [4.69, 9.17) is 5.11 Å². The monoisotopic (exact) mass is 261 g/mol. The second-order valence-electron chi connectivity index (χ2n) is 5.69. The third-order valence-electron chi connectivity index (χ3n) is 4.44. The van der Waals surface area contributed by atoms with Crippen LogP contribution in [0.2, 0.25) is 0 Å². The highest BCUT2D eigenvalue weighted by Gasteiger charge is 2.34. The molecule has 104 valence electrons. The van der Waals surface area contributed by atoms with Crippen LogP contribution in [0.3, 0.4) is 0 Å². The van der Waals surface area contributed by atoms with Crippen LogP contribution in [0, 0.1) is 5.41 Å². The van der Waals surface area contributed by atoms with Gasteiger partial charge in [0.15, 0.2) is 0 Å². The average molecular weight is 261 g/mol. The lowest BCUT2D eigenvalue weighted by molar-refractivity contribution is -0.140. The van der Waals surface area contributed by atoms with Gasteiger partial charge in [-0.3, -0.25) is 9.69 Å². The van der Waals surface area contributed by atoms with Crippen molar-refractivity contribution in [3.63, 3.8) is 0 Å². The number of carboxylic acid groups (broad SMARTS) is 1. The molecule has 3 heteroatoms. The molecular weight excluding hydrogens is 238 g/mol. The van der Waals surface area contributed by atoms with Gasteiger partial charge in [-0.05, 0) is 43.3 Å². The van der Waals surface area contributed by atoms with Crippen molar-refractivity contribution >= 4 is 5.97 Å². The molecule has 1 aromatic rings. The van der Waals surface area contributed by atoms with E-state index in [9.17, 15) is 4.79 Å². The molecule has 2 rings (SSSR count). The Kier molecular flexibility index (Phi) is 4.59. The van der Waals surface area contributed by atoms with Gasteiger partial charge in [0.25, 0.3) is 0 Å². The van der Waals surface area contributed by atoms with E-state index in [0.29, 0.717) is 6.42 Å². The summed E-state index contributed by atoms with van der Waals surface area (Å²) in [7, 11) is 0. The number of carboxylic acids is 1. The van der Waals surface area contributed by atoms with Gasteiger partial charge in [0, 0.05) is 6.54 Å². The summed E-state index contributed by atoms with van der Waals surface area (Å²) in [6, 6.07) is 10.5. The number of aliphatic carboxylic acids is 1. The maximum Gasteiger partial charge on any atom is 0.303 e. The fraction of sp³-hybridized carbons (Fsp3) is 0.562. The summed E-state index contributed by atoms with van der Waals surface area (Å²) in [6.07, 6.45) is 3.30. The van der Waals surface area contributed by atoms with Crippen LogP contribution in [0.5, 0.6) is 0 Å². The van der Waals surface area contributed by atoms with Gasteiger partial charge in [0.05, 0.1) is 6.42 Å². The van der Waals surface area contributed by atoms with E-state index in [2.05, 4.69) is 36.1 Å². The Morgan fingerprint density at radius 2 is 1.89 bits per heavy atom. The summed E-state index contributed by atoms with van der Waals surface area (Å²) < 4.78 is 0. The Bertz CT molecular complexity index is 408. The van der Waals surface area contributed by atoms with Crippen molar-refractivity contribution in [1.29, 1.82) is 0 Å². The van der Waals surface area contributed by atoms with Crippen molar-refractivity contribution in [3.05, 3.63) is 35.9 Å². The van der Waals surface area contributed by atoms with Crippen LogP contribution >= 0.6 is 0 Å². The molecule has 3 nitrogen and oxygen atoms in total. The number of piperidine rings is 1. The highest BCUT2D eigenvalue weighted by molar-refractivity contribution is 5.67. The molecule has 0 bridgehead atoms. The smallest absolute Gasteiger partial charge is 0.303 e. The van der Waals surface area contributed by atoms with Gasteiger partial charge in [0.1, 0.15) is 0 Å². The van der Waals surface area contributed by atoms with E-state index < -0.39 is 5.97 Å². The molecule has 1 aliphatic heterocycles. The van der Waals surface area contributed by atoms with Gasteiger partial charge in [-0.15, -0.1) is 0 Å². The van der Waals surface area contributed by atoms with Crippen molar-refractivity contribution in [2.45, 2.75) is 39.2 Å². The molecule has 0 radical (unpaired) electrons. The van der Waals surface area contributed by atoms with E-state index in [1.54, 1.807) is 0 Å². The van der Waals surface area contributed by atoms with E-state index >= 15 is 0 Å². The third kappa shape index (κ3) is 3.80. The van der Waals surface area contributed by atoms with Gasteiger partial charge in [0.2, 0.25) is 0 Å². The first-order valence-electron chi connectivity index (χ1n) is 7.12. The summed E-state index contributed by atoms with van der Waals surface area (Å²) in [5.41, 5.74) is 1.36. The molecule has 0 aliphatic carbocycles. The van der Waals surface area contributed by atoms with Crippen LogP contribution in [0.4, 0.5) is 0 Å². The number of hydrogen-bond donors (Lipinski definition) is 1. The molecule has 0 aromatic heterocycles. The lowest BCUT2D eigenvalue weighted by Crippen LogP contribution is -2.40. The molecule has 1 fully saturated rings. The van der Waals surface area contributed by atoms with Crippen LogP contribution in [-0.4, -0.2) is 29.1 Å². The molecular formula is C16H23NO2. The summed E-state index contributed by atoms with van der Waals surface area (Å²) in [5, 5.41) is 9.05. The predicted octanol–water partition coefficient (Wildman–Crippen LogP) is 3.15. The van der Waals surface area contributed by atoms with Gasteiger partial charge >= 0.3 is 5.97 Å². The van der Waals surface area contributed by atoms with Gasteiger partial charge in [-0.2, -0.15) is 0 Å². The third-order valence-corrected chi connectivity index (χ3v) is 4.44. The zero-order chi connectivity index (χ0) is 13.7. The van der Waals surface area contributed by atoms with E-state index in [1.807, 2.05) is 6.07 Å². The summed E-state index contributed by atoms with van der Waals surface area (Å²) in [4.78, 5) is 13.4. The van der Waals surface area contributed by atoms with Gasteiger partial charge in [-0.1, -0.05) is 37.3 Å². The van der Waals surface area contributed by atoms with Gasteiger partial charge in [-0.25, -0.2) is 0 Å². The average Bonchev–Trinajstić information content (AvgIpc) is 2.42. The lowest BCUT2D eigenvalue weighted by Gasteiger charge is -2.40. The molecule has 1 heterocycles. The molecule has 0 unspecified atom stereocenters. The first-order valence-corrected chi connectivity index (χ1v) is 7.12. The van der Waals surface area contributed by atoms with Crippen molar-refractivity contribution < 1.29 is 9.90 Å². The lowest BCUT2D eigenvalue weighted by atomic mass is 9.73. The molecule has 19 heavy (non-hydrogen) atoms. The van der Waals surface area contributed by atoms with Crippen LogP contribution in [0.15, 0.2) is 30.3 Å². The zero-order valence-electron chi connectivity index (χ0n) is 11.6. The first kappa shape index (κ1) is 14.1. The van der Waals surface area contributed by atoms with Crippen LogP contribution < -0.4 is 0 Å². The predicted molar refractivity (Wildman–Crippen MR) is 75.9 cm³/mol. The fourth-order valence-corrected chi connectivity index (χ4v) is 3.00. The standard InChI is InChI=1S/C16H23NO2/c1-2-16(12-15(18)19)8-10-17(11-9-16)13-14-6-4-3-5-7-14/h3-7H,2,8-13H2,1H3,(H,18,19). The van der Waals surface area contributed by atoms with Crippen molar-refractivity contribution in [1.82, 2.24) is 4.90 Å². The quantitative estimate of drug-likeness (QED) is 0.885. The van der Waals surface area contributed by atoms with Crippen LogP contribution in [0.25, 0.3) is 0 Å². The zero-order valence-corrected chi connectivity index (χ0v) is 11.6. The summed E-state index contributed by atoms with van der Waals surface area (Å²) >= 11 is 0. The molecule has 1 N–H and O–H groups in total. The van der Waals surface area contributed by atoms with E-state index in [-0.39, 0.29) is 5.41 Å². The first-order chi connectivity index (χ1) is 9.13. The van der Waals surface area contributed by atoms with E-state index in [0.717, 1.165) is 38.9 Å². The number of likely N-dealkylation sites (tertiary alicyclic amines) is 1. The second-order valence-corrected chi connectivity index (χ2v) is 5.69. The van der Waals surface area contributed by atoms with E-state index in [1.165, 1.54) is 5.56 Å². The SMILES string of the molecule is CCC1(CC(=O)O)CCN(Cc2ccccc2)CC1. The minimum absolute atomic E-state index is 0.0268. The van der Waals surface area contributed by atoms with Crippen molar-refractivity contribution in [2.75, 3.05) is 13.1 Å². The number of hydrogen-bond acceptors (Lipinski definition) is 2. The Morgan fingerprint density at radius 3 is 2.42 bits per heavy atom. The highest BCUT2D eigenvalue weighted by atomic mass is 16.4. The van der Waals surface area contributed by atoms with Crippen molar-refractivity contribution in [2.24, 2.45) is 5.41 Å². The largest absolute Gasteiger partial charge is 0.481 e. The number of rotatable bonds is 5. The number of carbonyl (C=O) groups is 1. The molecule has 1 aliphatic rings. The molecule has 1 aromatic carbocycles. The maximum atomic E-state index is 11.0. The topological polar surface area (TPSA) is 40.5 Å². The normalized spacial score (nSPS) is 19.2. The Labute approximate surface area is 115 Å². The number of nitrogens with zero attached hydrogens (tertiary/aromatic N) is 1. The Morgan fingerprint density at radius 1 is 1.26 bits per heavy atom. The summed E-state index contributed by atoms with van der Waals surface area (Å²) in [5.74, 6) is -0.654. The second kappa shape index (κ2) is 6.20. The Balaban J connectivity index is 1.89. The summed E-state index contributed by atoms with van der Waals surface area (Å²) in [6.45, 7) is 5.12. The minimum atomic E-state index is -0.654. The molecule has 0 spiro atoms. The van der Waals surface area contributed by atoms with Crippen LogP contribution in [0.1, 0.15) is 38.2 Å². The van der Waals surface area contributed by atoms with Crippen molar-refractivity contribution in [3.8, 4) is 0 Å².